The molecule has 0 fully saturated rings. The van der Waals surface area contributed by atoms with Crippen molar-refractivity contribution >= 4 is 73.3 Å². The molecule has 2 amide bonds. The molecule has 0 radical (unpaired) electrons. The van der Waals surface area contributed by atoms with E-state index < -0.39 is 0 Å². The molecule has 0 bridgehead atoms. The predicted molar refractivity (Wildman–Crippen MR) is 279 cm³/mol. The number of carbonyl (C=O) groups is 2. The van der Waals surface area contributed by atoms with Crippen molar-refractivity contribution in [3.63, 3.8) is 0 Å². The van der Waals surface area contributed by atoms with Crippen LogP contribution in [-0.2, 0) is 60.9 Å². The minimum atomic E-state index is -0.329. The molecule has 1 unspecified atom stereocenters. The average molecular weight is 986 g/mol. The van der Waals surface area contributed by atoms with Crippen molar-refractivity contribution in [3.05, 3.63) is 124 Å². The van der Waals surface area contributed by atoms with E-state index in [4.69, 9.17) is 54.3 Å². The highest BCUT2D eigenvalue weighted by atomic mass is 32.8. The highest BCUT2D eigenvalue weighted by Gasteiger charge is 2.38. The molecule has 70 heavy (non-hydrogen) atoms. The van der Waals surface area contributed by atoms with E-state index in [1.807, 2.05) is 64.7 Å². The third kappa shape index (κ3) is 10.3. The summed E-state index contributed by atoms with van der Waals surface area (Å²) < 4.78 is 41.6. The number of hydrogen-bond acceptors (Lipinski definition) is 13. The van der Waals surface area contributed by atoms with E-state index in [9.17, 15) is 9.59 Å². The Morgan fingerprint density at radius 1 is 0.657 bits per heavy atom. The van der Waals surface area contributed by atoms with Gasteiger partial charge in [0.25, 0.3) is 11.8 Å². The first-order chi connectivity index (χ1) is 34.0. The molecule has 0 aromatic heterocycles. The standard InChI is InChI=1S/C54H59N5O9S2/c1-54(2,70(6)69)34-57(15-16-65-19-20-66-18-17-62-3)39-22-35(32-67-50-28-44-42(26-48(50)63-4)52(60)58-40(30-55-44)24-37-11-7-9-13-46(37)58)21-36(23-39)33-68-51-29-45-43(27-49(51)64-5)53(61)59-41(31-56-45)25-38-12-8-10-14-47(38)59/h7-14,21-23,26-31,40-41H,15-20,24-25,32-34H2,1-6H3/t40-,41+,70?. The van der Waals surface area contributed by atoms with Gasteiger partial charge in [0.2, 0.25) is 0 Å². The topological polar surface area (TPSA) is 133 Å². The molecule has 3 atom stereocenters. The van der Waals surface area contributed by atoms with Crippen LogP contribution in [0.15, 0.2) is 101 Å². The molecule has 4 heterocycles. The SMILES string of the molecule is COCCOCCOCCN(CC(C)(C)S(C)=S)c1cc(COc2cc3c(cc2OC)C(=O)N2c4ccccc4C[C@H]2C=N3)cc(COc2cc3c(cc2OC)C(=O)N2c4ccccc4C[C@@H]2C=N3)c1. The van der Waals surface area contributed by atoms with Gasteiger partial charge >= 0.3 is 0 Å². The third-order valence-corrected chi connectivity index (χ3v) is 16.1. The molecule has 5 aromatic carbocycles. The van der Waals surface area contributed by atoms with Crippen molar-refractivity contribution in [1.29, 1.82) is 0 Å². The molecule has 5 aromatic rings. The van der Waals surface area contributed by atoms with Gasteiger partial charge in [0.15, 0.2) is 23.0 Å². The first-order valence-corrected chi connectivity index (χ1v) is 26.0. The maximum Gasteiger partial charge on any atom is 0.261 e. The summed E-state index contributed by atoms with van der Waals surface area (Å²) in [4.78, 5) is 43.9. The van der Waals surface area contributed by atoms with Gasteiger partial charge in [0.05, 0.1) is 81.8 Å². The third-order valence-electron chi connectivity index (χ3n) is 13.1. The van der Waals surface area contributed by atoms with Gasteiger partial charge in [-0.1, -0.05) is 47.6 Å². The highest BCUT2D eigenvalue weighted by Crippen LogP contribution is 2.43. The minimum Gasteiger partial charge on any atom is -0.493 e. The maximum atomic E-state index is 14.1. The Bertz CT molecular complexity index is 2690. The monoisotopic (exact) mass is 985 g/mol. The number of anilines is 3. The Kier molecular flexibility index (Phi) is 15.0. The zero-order valence-electron chi connectivity index (χ0n) is 40.5. The quantitative estimate of drug-likeness (QED) is 0.0657. The van der Waals surface area contributed by atoms with Gasteiger partial charge in [0, 0.05) is 79.4 Å². The largest absolute Gasteiger partial charge is 0.493 e. The average Bonchev–Trinajstić information content (AvgIpc) is 3.86. The van der Waals surface area contributed by atoms with Crippen molar-refractivity contribution in [1.82, 2.24) is 0 Å². The maximum absolute atomic E-state index is 14.1. The second-order valence-corrected chi connectivity index (χ2v) is 21.7. The number of carbonyl (C=O) groups excluding carboxylic acids is 2. The lowest BCUT2D eigenvalue weighted by atomic mass is 10.1. The van der Waals surface area contributed by atoms with E-state index in [0.29, 0.717) is 104 Å². The molecular formula is C54H59N5O9S2. The molecule has 0 saturated heterocycles. The number of benzene rings is 5. The van der Waals surface area contributed by atoms with Gasteiger partial charge in [-0.2, -0.15) is 0 Å². The van der Waals surface area contributed by atoms with E-state index in [0.717, 1.165) is 39.3 Å². The Labute approximate surface area is 416 Å². The molecule has 16 heteroatoms. The molecule has 4 aliphatic heterocycles. The van der Waals surface area contributed by atoms with Gasteiger partial charge in [-0.05, 0) is 84.8 Å². The smallest absolute Gasteiger partial charge is 0.261 e. The Balaban J connectivity index is 1.01. The number of hydrogen-bond donors (Lipinski definition) is 0. The van der Waals surface area contributed by atoms with Gasteiger partial charge in [-0.15, -0.1) is 9.45 Å². The summed E-state index contributed by atoms with van der Waals surface area (Å²) in [5, 5.41) is 0. The lowest BCUT2D eigenvalue weighted by Gasteiger charge is -2.35. The first kappa shape index (κ1) is 48.8. The number of nitrogens with zero attached hydrogens (tertiary/aromatic N) is 5. The van der Waals surface area contributed by atoms with Crippen molar-refractivity contribution in [2.45, 2.75) is 56.7 Å². The normalized spacial score (nSPS) is 16.9. The lowest BCUT2D eigenvalue weighted by molar-refractivity contribution is 0.0264. The number of fused-ring (bicyclic) bond motifs is 8. The molecule has 0 aliphatic carbocycles. The van der Waals surface area contributed by atoms with E-state index in [1.54, 1.807) is 45.6 Å². The van der Waals surface area contributed by atoms with E-state index in [2.05, 4.69) is 49.3 Å². The van der Waals surface area contributed by atoms with Crippen LogP contribution in [0.1, 0.15) is 56.8 Å². The second kappa shape index (κ2) is 21.4. The van der Waals surface area contributed by atoms with Gasteiger partial charge in [-0.25, -0.2) is 0 Å². The highest BCUT2D eigenvalue weighted by molar-refractivity contribution is 8.29. The summed E-state index contributed by atoms with van der Waals surface area (Å²) in [5.41, 5.74) is 8.57. The summed E-state index contributed by atoms with van der Waals surface area (Å²) in [5.74, 6) is 1.46. The number of aliphatic imine (C=N–C) groups is 2. The van der Waals surface area contributed by atoms with Gasteiger partial charge < -0.3 is 38.1 Å². The van der Waals surface area contributed by atoms with Crippen LogP contribution < -0.4 is 33.6 Å². The molecule has 0 N–H and O–H groups in total. The van der Waals surface area contributed by atoms with E-state index in [1.165, 1.54) is 0 Å². The molecular weight excluding hydrogens is 927 g/mol. The van der Waals surface area contributed by atoms with E-state index in [-0.39, 0.29) is 51.3 Å². The van der Waals surface area contributed by atoms with Crippen LogP contribution >= 0.6 is 0 Å². The number of rotatable bonds is 21. The van der Waals surface area contributed by atoms with Crippen LogP contribution in [0.5, 0.6) is 23.0 Å². The van der Waals surface area contributed by atoms with Crippen molar-refractivity contribution in [2.24, 2.45) is 9.98 Å². The van der Waals surface area contributed by atoms with Crippen LogP contribution in [0.25, 0.3) is 0 Å². The number of ether oxygens (including phenoxy) is 7. The second-order valence-electron chi connectivity index (χ2n) is 18.2. The number of para-hydroxylation sites is 2. The summed E-state index contributed by atoms with van der Waals surface area (Å²) >= 11 is 5.89. The minimum absolute atomic E-state index is 0.139. The predicted octanol–water partition coefficient (Wildman–Crippen LogP) is 8.41. The Morgan fingerprint density at radius 3 is 1.63 bits per heavy atom. The van der Waals surface area contributed by atoms with Crippen molar-refractivity contribution in [3.8, 4) is 23.0 Å². The zero-order chi connectivity index (χ0) is 48.9. The first-order valence-electron chi connectivity index (χ1n) is 23.4. The molecule has 14 nitrogen and oxygen atoms in total. The fourth-order valence-electron chi connectivity index (χ4n) is 9.28. The zero-order valence-corrected chi connectivity index (χ0v) is 42.1. The van der Waals surface area contributed by atoms with Crippen molar-refractivity contribution < 1.29 is 42.7 Å². The molecule has 9 rings (SSSR count). The Morgan fingerprint density at radius 2 is 1.14 bits per heavy atom. The van der Waals surface area contributed by atoms with Crippen LogP contribution in [0.4, 0.5) is 28.4 Å². The van der Waals surface area contributed by atoms with Crippen molar-refractivity contribution in [2.75, 3.05) is 88.4 Å². The van der Waals surface area contributed by atoms with Crippen LogP contribution in [-0.4, -0.2) is 115 Å². The van der Waals surface area contributed by atoms with E-state index >= 15 is 0 Å². The number of methoxy groups -OCH3 is 3. The summed E-state index contributed by atoms with van der Waals surface area (Å²) in [7, 11) is 4.45. The molecule has 0 spiro atoms. The summed E-state index contributed by atoms with van der Waals surface area (Å²) in [6.45, 7) is 8.33. The Hall–Kier alpha value is -6.17. The molecule has 4 aliphatic rings. The van der Waals surface area contributed by atoms with Gasteiger partial charge in [-0.3, -0.25) is 29.4 Å². The summed E-state index contributed by atoms with van der Waals surface area (Å²) in [6, 6.07) is 28.8. The van der Waals surface area contributed by atoms with Gasteiger partial charge in [0.1, 0.15) is 13.2 Å². The molecule has 0 saturated carbocycles. The fraction of sp³-hybridized carbons (Fsp3) is 0.370. The fourth-order valence-corrected chi connectivity index (χ4v) is 9.78. The number of amides is 2. The van der Waals surface area contributed by atoms with Crippen LogP contribution in [0.3, 0.4) is 0 Å². The molecule has 366 valence electrons. The summed E-state index contributed by atoms with van der Waals surface area (Å²) in [6.07, 6.45) is 7.17. The van der Waals surface area contributed by atoms with Crippen LogP contribution in [0.2, 0.25) is 0 Å². The lowest BCUT2D eigenvalue weighted by Crippen LogP contribution is -2.43. The van der Waals surface area contributed by atoms with Crippen LogP contribution in [0, 0.1) is 0 Å².